The van der Waals surface area contributed by atoms with E-state index < -0.39 is 0 Å². The van der Waals surface area contributed by atoms with Crippen molar-refractivity contribution in [3.8, 4) is 0 Å². The van der Waals surface area contributed by atoms with E-state index in [-0.39, 0.29) is 0 Å². The molecule has 0 atom stereocenters. The number of halogens is 1. The Kier molecular flexibility index (Phi) is 4.24. The Morgan fingerprint density at radius 2 is 2.12 bits per heavy atom. The smallest absolute Gasteiger partial charge is 0.0863 e. The van der Waals surface area contributed by atoms with Crippen molar-refractivity contribution in [1.82, 2.24) is 15.1 Å². The van der Waals surface area contributed by atoms with E-state index in [9.17, 15) is 0 Å². The SMILES string of the molecule is CCc1nn(CC)c(CNC2CC=CC2)c1Cl. The molecule has 1 N–H and O–H groups in total. The van der Waals surface area contributed by atoms with Crippen LogP contribution in [0.15, 0.2) is 12.2 Å². The largest absolute Gasteiger partial charge is 0.308 e. The molecule has 1 aromatic rings. The van der Waals surface area contributed by atoms with Crippen LogP contribution in [0.4, 0.5) is 0 Å². The van der Waals surface area contributed by atoms with Crippen LogP contribution in [0.25, 0.3) is 0 Å². The fraction of sp³-hybridized carbons (Fsp3) is 0.615. The van der Waals surface area contributed by atoms with Crippen LogP contribution in [0.2, 0.25) is 5.02 Å². The molecule has 0 saturated heterocycles. The van der Waals surface area contributed by atoms with Gasteiger partial charge in [0.15, 0.2) is 0 Å². The van der Waals surface area contributed by atoms with E-state index in [2.05, 4.69) is 36.4 Å². The number of nitrogens with zero attached hydrogens (tertiary/aromatic N) is 2. The van der Waals surface area contributed by atoms with Crippen molar-refractivity contribution in [3.63, 3.8) is 0 Å². The second kappa shape index (κ2) is 5.69. The first kappa shape index (κ1) is 12.7. The standard InChI is InChI=1S/C13H20ClN3/c1-3-11-13(14)12(17(4-2)16-11)9-15-10-7-5-6-8-10/h5-6,10,15H,3-4,7-9H2,1-2H3. The van der Waals surface area contributed by atoms with Gasteiger partial charge in [-0.15, -0.1) is 0 Å². The second-order valence-corrected chi connectivity index (χ2v) is 4.78. The van der Waals surface area contributed by atoms with Crippen LogP contribution in [-0.2, 0) is 19.5 Å². The summed E-state index contributed by atoms with van der Waals surface area (Å²) in [5.41, 5.74) is 2.13. The average Bonchev–Trinajstić information content (AvgIpc) is 2.94. The lowest BCUT2D eigenvalue weighted by Gasteiger charge is -2.12. The van der Waals surface area contributed by atoms with Crippen molar-refractivity contribution in [2.75, 3.05) is 0 Å². The molecule has 0 unspecified atom stereocenters. The van der Waals surface area contributed by atoms with Crippen molar-refractivity contribution in [3.05, 3.63) is 28.6 Å². The molecule has 94 valence electrons. The molecule has 4 heteroatoms. The number of hydrogen-bond acceptors (Lipinski definition) is 2. The van der Waals surface area contributed by atoms with Gasteiger partial charge in [0.05, 0.1) is 16.4 Å². The first-order chi connectivity index (χ1) is 8.26. The highest BCUT2D eigenvalue weighted by Gasteiger charge is 2.16. The minimum Gasteiger partial charge on any atom is -0.308 e. The third kappa shape index (κ3) is 2.72. The summed E-state index contributed by atoms with van der Waals surface area (Å²) in [7, 11) is 0. The van der Waals surface area contributed by atoms with Gasteiger partial charge in [0.25, 0.3) is 0 Å². The molecule has 0 bridgehead atoms. The average molecular weight is 254 g/mol. The highest BCUT2D eigenvalue weighted by Crippen LogP contribution is 2.22. The Bertz CT molecular complexity index is 401. The molecule has 0 radical (unpaired) electrons. The van der Waals surface area contributed by atoms with E-state index in [0.29, 0.717) is 6.04 Å². The maximum atomic E-state index is 6.35. The zero-order valence-corrected chi connectivity index (χ0v) is 11.3. The highest BCUT2D eigenvalue weighted by molar-refractivity contribution is 6.31. The van der Waals surface area contributed by atoms with Crippen LogP contribution in [0, 0.1) is 0 Å². The summed E-state index contributed by atoms with van der Waals surface area (Å²) in [6, 6.07) is 0.566. The minimum absolute atomic E-state index is 0.566. The molecule has 1 heterocycles. The molecule has 0 aromatic carbocycles. The van der Waals surface area contributed by atoms with Gasteiger partial charge in [-0.2, -0.15) is 5.10 Å². The predicted octanol–water partition coefficient (Wildman–Crippen LogP) is 2.93. The Labute approximate surface area is 108 Å². The number of nitrogens with one attached hydrogen (secondary N) is 1. The van der Waals surface area contributed by atoms with Gasteiger partial charge < -0.3 is 5.32 Å². The Morgan fingerprint density at radius 3 is 2.71 bits per heavy atom. The molecule has 1 aliphatic rings. The molecular formula is C13H20ClN3. The molecule has 0 amide bonds. The summed E-state index contributed by atoms with van der Waals surface area (Å²) >= 11 is 6.35. The zero-order valence-electron chi connectivity index (χ0n) is 10.5. The van der Waals surface area contributed by atoms with Crippen molar-refractivity contribution in [1.29, 1.82) is 0 Å². The van der Waals surface area contributed by atoms with Crippen LogP contribution in [0.5, 0.6) is 0 Å². The van der Waals surface area contributed by atoms with Crippen LogP contribution in [0.3, 0.4) is 0 Å². The molecule has 0 spiro atoms. The molecule has 0 aliphatic heterocycles. The highest BCUT2D eigenvalue weighted by atomic mass is 35.5. The molecule has 3 nitrogen and oxygen atoms in total. The quantitative estimate of drug-likeness (QED) is 0.818. The van der Waals surface area contributed by atoms with Gasteiger partial charge in [0.2, 0.25) is 0 Å². The molecule has 17 heavy (non-hydrogen) atoms. The second-order valence-electron chi connectivity index (χ2n) is 4.40. The molecule has 0 fully saturated rings. The summed E-state index contributed by atoms with van der Waals surface area (Å²) in [5, 5.41) is 8.90. The first-order valence-electron chi connectivity index (χ1n) is 6.38. The van der Waals surface area contributed by atoms with Gasteiger partial charge >= 0.3 is 0 Å². The maximum Gasteiger partial charge on any atom is 0.0863 e. The van der Waals surface area contributed by atoms with E-state index in [1.54, 1.807) is 0 Å². The summed E-state index contributed by atoms with van der Waals surface area (Å²) in [5.74, 6) is 0. The third-order valence-corrected chi connectivity index (χ3v) is 3.70. The van der Waals surface area contributed by atoms with Gasteiger partial charge in [-0.1, -0.05) is 30.7 Å². The Balaban J connectivity index is 2.05. The number of aryl methyl sites for hydroxylation is 2. The summed E-state index contributed by atoms with van der Waals surface area (Å²) in [4.78, 5) is 0. The monoisotopic (exact) mass is 253 g/mol. The van der Waals surface area contributed by atoms with E-state index in [0.717, 1.165) is 48.8 Å². The number of hydrogen-bond donors (Lipinski definition) is 1. The topological polar surface area (TPSA) is 29.9 Å². The number of rotatable bonds is 5. The minimum atomic E-state index is 0.566. The van der Waals surface area contributed by atoms with Crippen LogP contribution in [-0.4, -0.2) is 15.8 Å². The summed E-state index contributed by atoms with van der Waals surface area (Å²) < 4.78 is 2.01. The molecule has 1 aromatic heterocycles. The Hall–Kier alpha value is -0.800. The van der Waals surface area contributed by atoms with Crippen molar-refractivity contribution < 1.29 is 0 Å². The molecule has 2 rings (SSSR count). The zero-order chi connectivity index (χ0) is 12.3. The van der Waals surface area contributed by atoms with Gasteiger partial charge in [-0.3, -0.25) is 4.68 Å². The van der Waals surface area contributed by atoms with Crippen LogP contribution < -0.4 is 5.32 Å². The molecule has 0 saturated carbocycles. The van der Waals surface area contributed by atoms with Crippen LogP contribution >= 0.6 is 11.6 Å². The third-order valence-electron chi connectivity index (χ3n) is 3.26. The van der Waals surface area contributed by atoms with Gasteiger partial charge in [0.1, 0.15) is 0 Å². The van der Waals surface area contributed by atoms with E-state index >= 15 is 0 Å². The van der Waals surface area contributed by atoms with E-state index in [1.165, 1.54) is 0 Å². The Morgan fingerprint density at radius 1 is 1.41 bits per heavy atom. The lowest BCUT2D eigenvalue weighted by Crippen LogP contribution is -2.27. The fourth-order valence-corrected chi connectivity index (χ4v) is 2.55. The lowest BCUT2D eigenvalue weighted by molar-refractivity contribution is 0.508. The maximum absolute atomic E-state index is 6.35. The fourth-order valence-electron chi connectivity index (χ4n) is 2.21. The van der Waals surface area contributed by atoms with Crippen LogP contribution in [0.1, 0.15) is 38.1 Å². The van der Waals surface area contributed by atoms with Gasteiger partial charge in [0, 0.05) is 19.1 Å². The summed E-state index contributed by atoms with van der Waals surface area (Å²) in [6.07, 6.45) is 7.60. The lowest BCUT2D eigenvalue weighted by atomic mass is 10.2. The molecular weight excluding hydrogens is 234 g/mol. The van der Waals surface area contributed by atoms with Crippen molar-refractivity contribution in [2.24, 2.45) is 0 Å². The number of aromatic nitrogens is 2. The van der Waals surface area contributed by atoms with Gasteiger partial charge in [-0.25, -0.2) is 0 Å². The summed E-state index contributed by atoms with van der Waals surface area (Å²) in [6.45, 7) is 5.88. The van der Waals surface area contributed by atoms with Crippen molar-refractivity contribution >= 4 is 11.6 Å². The normalized spacial score (nSPS) is 15.9. The van der Waals surface area contributed by atoms with Crippen molar-refractivity contribution in [2.45, 2.75) is 52.2 Å². The first-order valence-corrected chi connectivity index (χ1v) is 6.76. The van der Waals surface area contributed by atoms with E-state index in [1.807, 2.05) is 4.68 Å². The van der Waals surface area contributed by atoms with Gasteiger partial charge in [-0.05, 0) is 26.2 Å². The molecule has 1 aliphatic carbocycles. The van der Waals surface area contributed by atoms with E-state index in [4.69, 9.17) is 11.6 Å². The predicted molar refractivity (Wildman–Crippen MR) is 71.3 cm³/mol.